The maximum atomic E-state index is 6.07. The molecule has 0 amide bonds. The third-order valence-corrected chi connectivity index (χ3v) is 4.14. The number of aromatic nitrogens is 1. The van der Waals surface area contributed by atoms with Crippen LogP contribution >= 0.6 is 0 Å². The van der Waals surface area contributed by atoms with Crippen LogP contribution in [0.5, 0.6) is 0 Å². The van der Waals surface area contributed by atoms with Crippen molar-refractivity contribution in [3.63, 3.8) is 0 Å². The van der Waals surface area contributed by atoms with E-state index >= 15 is 0 Å². The lowest BCUT2D eigenvalue weighted by atomic mass is 9.85. The second-order valence-corrected chi connectivity index (χ2v) is 5.81. The molecule has 1 saturated carbocycles. The summed E-state index contributed by atoms with van der Waals surface area (Å²) in [5.41, 5.74) is 1.03. The molecule has 1 aromatic heterocycles. The SMILES string of the molecule is CCCNc1cccc(COC2CCCC(CC)C2)n1. The highest BCUT2D eigenvalue weighted by molar-refractivity contribution is 5.34. The molecule has 1 aromatic rings. The largest absolute Gasteiger partial charge is 0.372 e. The Bertz CT molecular complexity index is 394. The van der Waals surface area contributed by atoms with Crippen LogP contribution in [-0.2, 0) is 11.3 Å². The maximum absolute atomic E-state index is 6.07. The Balaban J connectivity index is 1.81. The molecule has 0 radical (unpaired) electrons. The van der Waals surface area contributed by atoms with Crippen molar-refractivity contribution in [2.45, 2.75) is 65.1 Å². The zero-order valence-corrected chi connectivity index (χ0v) is 12.9. The number of nitrogens with one attached hydrogen (secondary N) is 1. The number of nitrogens with zero attached hydrogens (tertiary/aromatic N) is 1. The van der Waals surface area contributed by atoms with E-state index in [-0.39, 0.29) is 0 Å². The Morgan fingerprint density at radius 2 is 2.20 bits per heavy atom. The molecular weight excluding hydrogens is 248 g/mol. The van der Waals surface area contributed by atoms with Crippen molar-refractivity contribution in [1.82, 2.24) is 4.98 Å². The standard InChI is InChI=1S/C17H28N2O/c1-3-11-18-17-10-6-8-15(19-17)13-20-16-9-5-7-14(4-2)12-16/h6,8,10,14,16H,3-5,7,9,11-13H2,1-2H3,(H,18,19). The third kappa shape index (κ3) is 4.78. The first-order valence-corrected chi connectivity index (χ1v) is 8.13. The lowest BCUT2D eigenvalue weighted by Gasteiger charge is -2.28. The first-order valence-electron chi connectivity index (χ1n) is 8.13. The lowest BCUT2D eigenvalue weighted by molar-refractivity contribution is 0.000392. The first-order chi connectivity index (χ1) is 9.81. The van der Waals surface area contributed by atoms with Crippen LogP contribution in [0.25, 0.3) is 0 Å². The minimum Gasteiger partial charge on any atom is -0.372 e. The van der Waals surface area contributed by atoms with E-state index < -0.39 is 0 Å². The van der Waals surface area contributed by atoms with Crippen LogP contribution in [0.1, 0.15) is 58.1 Å². The van der Waals surface area contributed by atoms with Crippen LogP contribution in [0.4, 0.5) is 5.82 Å². The monoisotopic (exact) mass is 276 g/mol. The fourth-order valence-corrected chi connectivity index (χ4v) is 2.88. The van der Waals surface area contributed by atoms with Crippen molar-refractivity contribution in [2.75, 3.05) is 11.9 Å². The van der Waals surface area contributed by atoms with Crippen molar-refractivity contribution in [3.8, 4) is 0 Å². The van der Waals surface area contributed by atoms with Gasteiger partial charge in [0.05, 0.1) is 18.4 Å². The molecule has 2 atom stereocenters. The average molecular weight is 276 g/mol. The Labute approximate surface area is 123 Å². The fourth-order valence-electron chi connectivity index (χ4n) is 2.88. The second-order valence-electron chi connectivity index (χ2n) is 5.81. The molecule has 1 aliphatic rings. The summed E-state index contributed by atoms with van der Waals surface area (Å²) >= 11 is 0. The van der Waals surface area contributed by atoms with Crippen LogP contribution in [-0.4, -0.2) is 17.6 Å². The van der Waals surface area contributed by atoms with Crippen LogP contribution < -0.4 is 5.32 Å². The molecule has 0 aliphatic heterocycles. The van der Waals surface area contributed by atoms with Gasteiger partial charge in [0.1, 0.15) is 5.82 Å². The maximum Gasteiger partial charge on any atom is 0.126 e. The molecule has 1 N–H and O–H groups in total. The van der Waals surface area contributed by atoms with Crippen LogP contribution in [0.15, 0.2) is 18.2 Å². The van der Waals surface area contributed by atoms with E-state index in [1.807, 2.05) is 6.07 Å². The summed E-state index contributed by atoms with van der Waals surface area (Å²) in [6.07, 6.45) is 7.97. The molecule has 1 aliphatic carbocycles. The highest BCUT2D eigenvalue weighted by Crippen LogP contribution is 2.28. The average Bonchev–Trinajstić information content (AvgIpc) is 2.51. The zero-order chi connectivity index (χ0) is 14.2. The summed E-state index contributed by atoms with van der Waals surface area (Å²) < 4.78 is 6.07. The topological polar surface area (TPSA) is 34.1 Å². The molecule has 2 rings (SSSR count). The third-order valence-electron chi connectivity index (χ3n) is 4.14. The molecule has 3 heteroatoms. The van der Waals surface area contributed by atoms with E-state index in [1.54, 1.807) is 0 Å². The molecular formula is C17H28N2O. The molecule has 0 spiro atoms. The van der Waals surface area contributed by atoms with E-state index in [4.69, 9.17) is 4.74 Å². The van der Waals surface area contributed by atoms with Crippen molar-refractivity contribution in [3.05, 3.63) is 23.9 Å². The van der Waals surface area contributed by atoms with E-state index in [9.17, 15) is 0 Å². The Morgan fingerprint density at radius 3 is 3.00 bits per heavy atom. The number of hydrogen-bond donors (Lipinski definition) is 1. The summed E-state index contributed by atoms with van der Waals surface area (Å²) in [6.45, 7) is 6.06. The zero-order valence-electron chi connectivity index (χ0n) is 12.9. The molecule has 0 aromatic carbocycles. The van der Waals surface area contributed by atoms with Gasteiger partial charge < -0.3 is 10.1 Å². The Morgan fingerprint density at radius 1 is 1.30 bits per heavy atom. The van der Waals surface area contributed by atoms with Gasteiger partial charge in [-0.25, -0.2) is 4.98 Å². The summed E-state index contributed by atoms with van der Waals surface area (Å²) in [5.74, 6) is 1.82. The summed E-state index contributed by atoms with van der Waals surface area (Å²) in [7, 11) is 0. The Kier molecular flexibility index (Phi) is 6.31. The van der Waals surface area contributed by atoms with Crippen molar-refractivity contribution >= 4 is 5.82 Å². The smallest absolute Gasteiger partial charge is 0.126 e. The second kappa shape index (κ2) is 8.25. The van der Waals surface area contributed by atoms with Gasteiger partial charge in [-0.3, -0.25) is 0 Å². The number of pyridine rings is 1. The predicted molar refractivity (Wildman–Crippen MR) is 83.8 cm³/mol. The minimum absolute atomic E-state index is 0.433. The van der Waals surface area contributed by atoms with Gasteiger partial charge in [-0.15, -0.1) is 0 Å². The highest BCUT2D eigenvalue weighted by Gasteiger charge is 2.21. The lowest BCUT2D eigenvalue weighted by Crippen LogP contribution is -2.22. The number of anilines is 1. The number of hydrogen-bond acceptors (Lipinski definition) is 3. The molecule has 112 valence electrons. The van der Waals surface area contributed by atoms with Crippen LogP contribution in [0, 0.1) is 5.92 Å². The minimum atomic E-state index is 0.433. The summed E-state index contributed by atoms with van der Waals surface area (Å²) in [5, 5.41) is 3.32. The van der Waals surface area contributed by atoms with Gasteiger partial charge in [0, 0.05) is 6.54 Å². The van der Waals surface area contributed by atoms with Crippen LogP contribution in [0.2, 0.25) is 0 Å². The quantitative estimate of drug-likeness (QED) is 0.802. The molecule has 0 bridgehead atoms. The molecule has 0 saturated heterocycles. The molecule has 1 heterocycles. The first kappa shape index (κ1) is 15.3. The van der Waals surface area contributed by atoms with Crippen LogP contribution in [0.3, 0.4) is 0 Å². The number of rotatable bonds is 7. The molecule has 1 fully saturated rings. The van der Waals surface area contributed by atoms with Gasteiger partial charge in [0.2, 0.25) is 0 Å². The predicted octanol–water partition coefficient (Wildman–Crippen LogP) is 4.39. The highest BCUT2D eigenvalue weighted by atomic mass is 16.5. The van der Waals surface area contributed by atoms with E-state index in [0.29, 0.717) is 12.7 Å². The van der Waals surface area contributed by atoms with Gasteiger partial charge in [0.25, 0.3) is 0 Å². The number of ether oxygens (including phenoxy) is 1. The summed E-state index contributed by atoms with van der Waals surface area (Å²) in [4.78, 5) is 4.60. The van der Waals surface area contributed by atoms with Crippen molar-refractivity contribution in [2.24, 2.45) is 5.92 Å². The van der Waals surface area contributed by atoms with Gasteiger partial charge in [-0.1, -0.05) is 39.2 Å². The molecule has 2 unspecified atom stereocenters. The van der Waals surface area contributed by atoms with E-state index in [1.165, 1.54) is 32.1 Å². The Hall–Kier alpha value is -1.09. The van der Waals surface area contributed by atoms with Gasteiger partial charge >= 0.3 is 0 Å². The van der Waals surface area contributed by atoms with Crippen molar-refractivity contribution in [1.29, 1.82) is 0 Å². The van der Waals surface area contributed by atoms with E-state index in [2.05, 4.69) is 36.3 Å². The fraction of sp³-hybridized carbons (Fsp3) is 0.706. The van der Waals surface area contributed by atoms with Gasteiger partial charge in [-0.2, -0.15) is 0 Å². The summed E-state index contributed by atoms with van der Waals surface area (Å²) in [6, 6.07) is 6.13. The van der Waals surface area contributed by atoms with Gasteiger partial charge in [0.15, 0.2) is 0 Å². The van der Waals surface area contributed by atoms with Crippen molar-refractivity contribution < 1.29 is 4.74 Å². The van der Waals surface area contributed by atoms with Gasteiger partial charge in [-0.05, 0) is 37.3 Å². The molecule has 3 nitrogen and oxygen atoms in total. The van der Waals surface area contributed by atoms with E-state index in [0.717, 1.165) is 30.4 Å². The molecule has 20 heavy (non-hydrogen) atoms. The normalized spacial score (nSPS) is 22.7.